The van der Waals surface area contributed by atoms with E-state index >= 15 is 0 Å². The van der Waals surface area contributed by atoms with E-state index in [4.69, 9.17) is 21.5 Å². The average Bonchev–Trinajstić information content (AvgIpc) is 3.11. The Morgan fingerprint density at radius 3 is 1.66 bits per heavy atom. The summed E-state index contributed by atoms with van der Waals surface area (Å²) in [5.41, 5.74) is 7.63. The predicted octanol–water partition coefficient (Wildman–Crippen LogP) is 9.78. The van der Waals surface area contributed by atoms with Crippen molar-refractivity contribution < 1.29 is 0 Å². The van der Waals surface area contributed by atoms with E-state index in [-0.39, 0.29) is 0 Å². The molecule has 0 amide bonds. The van der Waals surface area contributed by atoms with Crippen molar-refractivity contribution in [2.24, 2.45) is 0 Å². The van der Waals surface area contributed by atoms with Crippen LogP contribution >= 0.6 is 0 Å². The summed E-state index contributed by atoms with van der Waals surface area (Å²) in [6, 6.07) is 48.2. The topological polar surface area (TPSA) is 66.8 Å². The first kappa shape index (κ1) is 26.5. The van der Waals surface area contributed by atoms with Gasteiger partial charge in [-0.2, -0.15) is 5.26 Å². The van der Waals surface area contributed by atoms with Gasteiger partial charge in [-0.25, -0.2) is 19.8 Å². The first-order valence-corrected chi connectivity index (χ1v) is 14.1. The smallest absolute Gasteiger partial charge is 0.189 e. The molecule has 5 heteroatoms. The maximum Gasteiger partial charge on any atom is 0.189 e. The van der Waals surface area contributed by atoms with Crippen LogP contribution in [0.1, 0.15) is 5.56 Å². The Labute approximate surface area is 255 Å². The second kappa shape index (κ2) is 11.4. The number of fused-ring (bicyclic) bond motifs is 1. The number of hydrogen-bond acceptors (Lipinski definition) is 4. The van der Waals surface area contributed by atoms with Crippen LogP contribution in [0.3, 0.4) is 0 Å². The number of nitrogens with zero attached hydrogens (tertiary/aromatic N) is 5. The number of aromatic nitrogens is 3. The lowest BCUT2D eigenvalue weighted by Crippen LogP contribution is -2.00. The highest BCUT2D eigenvalue weighted by atomic mass is 15.0. The average molecular weight is 562 g/mol. The van der Waals surface area contributed by atoms with Crippen molar-refractivity contribution in [2.45, 2.75) is 0 Å². The number of rotatable bonds is 5. The Balaban J connectivity index is 1.30. The van der Waals surface area contributed by atoms with E-state index in [9.17, 15) is 5.26 Å². The fourth-order valence-corrected chi connectivity index (χ4v) is 5.35. The van der Waals surface area contributed by atoms with E-state index in [2.05, 4.69) is 65.5 Å². The molecule has 0 fully saturated rings. The third kappa shape index (κ3) is 5.18. The Morgan fingerprint density at radius 1 is 0.500 bits per heavy atom. The maximum atomic E-state index is 9.48. The van der Waals surface area contributed by atoms with Crippen LogP contribution in [-0.4, -0.2) is 15.0 Å². The normalized spacial score (nSPS) is 10.7. The van der Waals surface area contributed by atoms with Crippen molar-refractivity contribution in [2.75, 3.05) is 0 Å². The quantitative estimate of drug-likeness (QED) is 0.196. The monoisotopic (exact) mass is 561 g/mol. The Bertz CT molecular complexity index is 2140. The molecule has 0 aliphatic carbocycles. The first-order valence-electron chi connectivity index (χ1n) is 14.1. The van der Waals surface area contributed by atoms with Crippen LogP contribution in [0.15, 0.2) is 140 Å². The molecule has 204 valence electrons. The van der Waals surface area contributed by atoms with E-state index < -0.39 is 0 Å². The molecule has 5 nitrogen and oxygen atoms in total. The lowest BCUT2D eigenvalue weighted by Gasteiger charge is -2.11. The van der Waals surface area contributed by atoms with Gasteiger partial charge >= 0.3 is 0 Å². The molecule has 6 aromatic carbocycles. The minimum Gasteiger partial charge on any atom is -0.238 e. The van der Waals surface area contributed by atoms with E-state index in [1.54, 1.807) is 6.07 Å². The molecule has 1 heterocycles. The van der Waals surface area contributed by atoms with Crippen LogP contribution in [0.25, 0.3) is 72.0 Å². The van der Waals surface area contributed by atoms with Gasteiger partial charge in [0.05, 0.1) is 12.6 Å². The third-order valence-electron chi connectivity index (χ3n) is 7.54. The van der Waals surface area contributed by atoms with Gasteiger partial charge in [-0.1, -0.05) is 115 Å². The molecule has 44 heavy (non-hydrogen) atoms. The van der Waals surface area contributed by atoms with Crippen molar-refractivity contribution in [3.05, 3.63) is 157 Å². The summed E-state index contributed by atoms with van der Waals surface area (Å²) in [5.74, 6) is 1.86. The lowest BCUT2D eigenvalue weighted by atomic mass is 9.94. The molecular formula is C39H23N5. The summed E-state index contributed by atoms with van der Waals surface area (Å²) in [5, 5.41) is 11.7. The van der Waals surface area contributed by atoms with Crippen LogP contribution in [0.2, 0.25) is 0 Å². The molecule has 0 atom stereocenters. The number of hydrogen-bond donors (Lipinski definition) is 0. The Morgan fingerprint density at radius 2 is 1.07 bits per heavy atom. The second-order valence-electron chi connectivity index (χ2n) is 10.3. The fourth-order valence-electron chi connectivity index (χ4n) is 5.35. The van der Waals surface area contributed by atoms with E-state index in [1.807, 2.05) is 78.9 Å². The minimum atomic E-state index is 0.451. The number of benzene rings is 6. The van der Waals surface area contributed by atoms with Crippen LogP contribution in [0, 0.1) is 17.9 Å². The highest BCUT2D eigenvalue weighted by Gasteiger charge is 2.13. The molecule has 0 aliphatic heterocycles. The SMILES string of the molecule is [C-]#[N+]c1cc(C#N)cc(-c2ccc3cccc(-c4ccc(-c5nc(-c6ccccc6)nc(-c6ccccc6)n5)cc4)c3c2)c1. The summed E-state index contributed by atoms with van der Waals surface area (Å²) >= 11 is 0. The molecule has 0 saturated heterocycles. The highest BCUT2D eigenvalue weighted by molar-refractivity contribution is 5.99. The zero-order valence-corrected chi connectivity index (χ0v) is 23.5. The minimum absolute atomic E-state index is 0.451. The van der Waals surface area contributed by atoms with Gasteiger partial charge in [0.2, 0.25) is 0 Å². The van der Waals surface area contributed by atoms with Crippen LogP contribution < -0.4 is 0 Å². The second-order valence-corrected chi connectivity index (χ2v) is 10.3. The van der Waals surface area contributed by atoms with Crippen LogP contribution in [0.5, 0.6) is 0 Å². The Kier molecular flexibility index (Phi) is 6.89. The van der Waals surface area contributed by atoms with Gasteiger partial charge in [-0.15, -0.1) is 0 Å². The van der Waals surface area contributed by atoms with Gasteiger partial charge < -0.3 is 0 Å². The fraction of sp³-hybridized carbons (Fsp3) is 0. The summed E-state index contributed by atoms with van der Waals surface area (Å²) in [6.07, 6.45) is 0. The van der Waals surface area contributed by atoms with Crippen molar-refractivity contribution in [3.8, 4) is 62.5 Å². The molecule has 0 radical (unpaired) electrons. The summed E-state index contributed by atoms with van der Waals surface area (Å²) in [4.78, 5) is 18.1. The van der Waals surface area contributed by atoms with Crippen molar-refractivity contribution in [3.63, 3.8) is 0 Å². The molecule has 0 saturated carbocycles. The molecule has 7 rings (SSSR count). The van der Waals surface area contributed by atoms with E-state index in [0.29, 0.717) is 28.7 Å². The predicted molar refractivity (Wildman–Crippen MR) is 175 cm³/mol. The van der Waals surface area contributed by atoms with Crippen LogP contribution in [0.4, 0.5) is 5.69 Å². The molecule has 0 N–H and O–H groups in total. The van der Waals surface area contributed by atoms with Gasteiger partial charge in [0.1, 0.15) is 0 Å². The molecule has 0 unspecified atom stereocenters. The molecular weight excluding hydrogens is 538 g/mol. The van der Waals surface area contributed by atoms with Crippen molar-refractivity contribution in [1.29, 1.82) is 5.26 Å². The summed E-state index contributed by atoms with van der Waals surface area (Å²) in [6.45, 7) is 7.45. The third-order valence-corrected chi connectivity index (χ3v) is 7.54. The van der Waals surface area contributed by atoms with Gasteiger partial charge in [0, 0.05) is 22.3 Å². The zero-order chi connectivity index (χ0) is 29.9. The molecule has 7 aromatic rings. The molecule has 0 aliphatic rings. The van der Waals surface area contributed by atoms with Gasteiger partial charge in [0.15, 0.2) is 23.2 Å². The molecule has 0 spiro atoms. The van der Waals surface area contributed by atoms with Crippen molar-refractivity contribution in [1.82, 2.24) is 15.0 Å². The summed E-state index contributed by atoms with van der Waals surface area (Å²) in [7, 11) is 0. The zero-order valence-electron chi connectivity index (χ0n) is 23.5. The van der Waals surface area contributed by atoms with Crippen LogP contribution in [-0.2, 0) is 0 Å². The number of nitriles is 1. The standard InChI is InChI=1S/C39H23N5/c1-41-34-22-26(25-40)21-33(23-34)32-20-17-27-13-8-14-35(36(27)24-32)28-15-18-31(19-16-28)39-43-37(29-9-4-2-5-10-29)42-38(44-39)30-11-6-3-7-12-30/h2-24H. The van der Waals surface area contributed by atoms with Gasteiger partial charge in [-0.05, 0) is 57.3 Å². The lowest BCUT2D eigenvalue weighted by molar-refractivity contribution is 1.07. The van der Waals surface area contributed by atoms with E-state index in [1.165, 1.54) is 0 Å². The van der Waals surface area contributed by atoms with Gasteiger partial charge in [0.25, 0.3) is 0 Å². The largest absolute Gasteiger partial charge is 0.238 e. The van der Waals surface area contributed by atoms with E-state index in [0.717, 1.165) is 49.7 Å². The molecule has 1 aromatic heterocycles. The van der Waals surface area contributed by atoms with Crippen molar-refractivity contribution >= 4 is 16.5 Å². The molecule has 0 bridgehead atoms. The van der Waals surface area contributed by atoms with Gasteiger partial charge in [-0.3, -0.25) is 0 Å². The summed E-state index contributed by atoms with van der Waals surface area (Å²) < 4.78 is 0. The Hall–Kier alpha value is -6.43. The first-order chi connectivity index (χ1) is 21.7. The highest BCUT2D eigenvalue weighted by Crippen LogP contribution is 2.35. The maximum absolute atomic E-state index is 9.48.